The van der Waals surface area contributed by atoms with Gasteiger partial charge >= 0.3 is 5.97 Å². The van der Waals surface area contributed by atoms with Crippen LogP contribution in [0.25, 0.3) is 0 Å². The largest absolute Gasteiger partial charge is 0.475 e. The molecule has 0 spiro atoms. The molecule has 18 heavy (non-hydrogen) atoms. The Kier molecular flexibility index (Phi) is 3.27. The third kappa shape index (κ3) is 2.65. The highest BCUT2D eigenvalue weighted by Crippen LogP contribution is 2.16. The second-order valence-corrected chi connectivity index (χ2v) is 3.56. The van der Waals surface area contributed by atoms with E-state index in [-0.39, 0.29) is 23.8 Å². The van der Waals surface area contributed by atoms with E-state index in [1.165, 1.54) is 18.2 Å². The van der Waals surface area contributed by atoms with Gasteiger partial charge in [0.25, 0.3) is 0 Å². The second-order valence-electron chi connectivity index (χ2n) is 3.56. The van der Waals surface area contributed by atoms with Gasteiger partial charge in [-0.05, 0) is 12.1 Å². The second kappa shape index (κ2) is 4.87. The van der Waals surface area contributed by atoms with Gasteiger partial charge in [-0.1, -0.05) is 6.07 Å². The molecule has 1 aromatic heterocycles. The standard InChI is InChI=1S/C12H9F2NO3/c13-8-2-1-7(9(14)5-8)6-15-11-4-3-10(18-11)12(16)17/h1-5,15H,6H2,(H,16,17). The highest BCUT2D eigenvalue weighted by Gasteiger charge is 2.09. The molecule has 0 atom stereocenters. The number of hydrogen-bond donors (Lipinski definition) is 2. The van der Waals surface area contributed by atoms with E-state index in [0.717, 1.165) is 12.1 Å². The minimum atomic E-state index is -1.18. The lowest BCUT2D eigenvalue weighted by atomic mass is 10.2. The lowest BCUT2D eigenvalue weighted by molar-refractivity contribution is 0.0663. The van der Waals surface area contributed by atoms with E-state index in [2.05, 4.69) is 5.32 Å². The summed E-state index contributed by atoms with van der Waals surface area (Å²) in [4.78, 5) is 10.6. The first-order valence-electron chi connectivity index (χ1n) is 5.07. The van der Waals surface area contributed by atoms with Crippen molar-refractivity contribution in [3.8, 4) is 0 Å². The lowest BCUT2D eigenvalue weighted by Crippen LogP contribution is -2.01. The topological polar surface area (TPSA) is 62.5 Å². The molecule has 6 heteroatoms. The Balaban J connectivity index is 2.04. The SMILES string of the molecule is O=C(O)c1ccc(NCc2ccc(F)cc2F)o1. The van der Waals surface area contributed by atoms with Crippen molar-refractivity contribution in [2.45, 2.75) is 6.54 Å². The first-order valence-corrected chi connectivity index (χ1v) is 5.07. The number of carboxylic acid groups (broad SMARTS) is 1. The molecule has 0 amide bonds. The van der Waals surface area contributed by atoms with Crippen molar-refractivity contribution in [3.63, 3.8) is 0 Å². The summed E-state index contributed by atoms with van der Waals surface area (Å²) in [6.45, 7) is 0.0681. The minimum Gasteiger partial charge on any atom is -0.475 e. The molecule has 0 aliphatic rings. The zero-order valence-corrected chi connectivity index (χ0v) is 9.11. The first-order chi connectivity index (χ1) is 8.56. The van der Waals surface area contributed by atoms with Crippen molar-refractivity contribution in [2.75, 3.05) is 5.32 Å². The lowest BCUT2D eigenvalue weighted by Gasteiger charge is -2.04. The molecule has 0 bridgehead atoms. The van der Waals surface area contributed by atoms with E-state index in [1.54, 1.807) is 0 Å². The quantitative estimate of drug-likeness (QED) is 0.879. The smallest absolute Gasteiger partial charge is 0.371 e. The molecule has 1 aromatic carbocycles. The van der Waals surface area contributed by atoms with Crippen molar-refractivity contribution >= 4 is 11.9 Å². The van der Waals surface area contributed by atoms with Crippen molar-refractivity contribution in [2.24, 2.45) is 0 Å². The predicted octanol–water partition coefficient (Wildman–Crippen LogP) is 2.87. The third-order valence-corrected chi connectivity index (χ3v) is 2.28. The number of furan rings is 1. The van der Waals surface area contributed by atoms with Gasteiger partial charge in [0.15, 0.2) is 5.88 Å². The van der Waals surface area contributed by atoms with Gasteiger partial charge in [0.2, 0.25) is 5.76 Å². The number of aromatic carboxylic acids is 1. The molecule has 0 saturated carbocycles. The molecule has 0 aliphatic carbocycles. The van der Waals surface area contributed by atoms with Gasteiger partial charge in [-0.15, -0.1) is 0 Å². The van der Waals surface area contributed by atoms with Gasteiger partial charge in [-0.3, -0.25) is 0 Å². The monoisotopic (exact) mass is 253 g/mol. The maximum absolute atomic E-state index is 13.3. The average Bonchev–Trinajstić information content (AvgIpc) is 2.76. The van der Waals surface area contributed by atoms with Crippen LogP contribution in [0.5, 0.6) is 0 Å². The minimum absolute atomic E-state index is 0.0681. The number of carbonyl (C=O) groups is 1. The summed E-state index contributed by atoms with van der Waals surface area (Å²) in [5, 5.41) is 11.3. The number of carboxylic acids is 1. The predicted molar refractivity (Wildman–Crippen MR) is 59.4 cm³/mol. The number of rotatable bonds is 4. The van der Waals surface area contributed by atoms with E-state index in [1.807, 2.05) is 0 Å². The number of nitrogens with one attached hydrogen (secondary N) is 1. The summed E-state index contributed by atoms with van der Waals surface area (Å²) in [7, 11) is 0. The molecule has 0 fully saturated rings. The molecule has 2 rings (SSSR count). The molecule has 2 aromatic rings. The molecule has 0 unspecified atom stereocenters. The van der Waals surface area contributed by atoms with Crippen molar-refractivity contribution in [1.82, 2.24) is 0 Å². The number of anilines is 1. The molecule has 0 saturated heterocycles. The Labute approximate surface area is 101 Å². The van der Waals surface area contributed by atoms with Crippen molar-refractivity contribution < 1.29 is 23.1 Å². The van der Waals surface area contributed by atoms with Gasteiger partial charge in [-0.2, -0.15) is 0 Å². The summed E-state index contributed by atoms with van der Waals surface area (Å²) < 4.78 is 30.9. The summed E-state index contributed by atoms with van der Waals surface area (Å²) in [5.74, 6) is -2.51. The number of halogens is 2. The van der Waals surface area contributed by atoms with Crippen molar-refractivity contribution in [3.05, 3.63) is 53.3 Å². The number of benzene rings is 1. The molecule has 4 nitrogen and oxygen atoms in total. The Bertz CT molecular complexity index is 580. The van der Waals surface area contributed by atoms with Gasteiger partial charge in [-0.25, -0.2) is 13.6 Å². The zero-order chi connectivity index (χ0) is 13.1. The van der Waals surface area contributed by atoms with E-state index in [0.29, 0.717) is 0 Å². The van der Waals surface area contributed by atoms with Gasteiger partial charge in [0.05, 0.1) is 0 Å². The fraction of sp³-hybridized carbons (Fsp3) is 0.0833. The van der Waals surface area contributed by atoms with Gasteiger partial charge < -0.3 is 14.8 Å². The third-order valence-electron chi connectivity index (χ3n) is 2.28. The van der Waals surface area contributed by atoms with Crippen LogP contribution in [0.1, 0.15) is 16.1 Å². The van der Waals surface area contributed by atoms with Gasteiger partial charge in [0, 0.05) is 24.2 Å². The molecule has 0 aliphatic heterocycles. The maximum Gasteiger partial charge on any atom is 0.371 e. The van der Waals surface area contributed by atoms with Gasteiger partial charge in [0.1, 0.15) is 11.6 Å². The number of hydrogen-bond acceptors (Lipinski definition) is 3. The summed E-state index contributed by atoms with van der Waals surface area (Å²) >= 11 is 0. The summed E-state index contributed by atoms with van der Waals surface area (Å²) in [6, 6.07) is 5.93. The van der Waals surface area contributed by atoms with Crippen LogP contribution in [0.15, 0.2) is 34.7 Å². The Morgan fingerprint density at radius 3 is 2.67 bits per heavy atom. The van der Waals surface area contributed by atoms with E-state index in [4.69, 9.17) is 9.52 Å². The van der Waals surface area contributed by atoms with Crippen LogP contribution in [0.4, 0.5) is 14.7 Å². The van der Waals surface area contributed by atoms with Crippen LogP contribution in [0.2, 0.25) is 0 Å². The highest BCUT2D eigenvalue weighted by molar-refractivity contribution is 5.84. The van der Waals surface area contributed by atoms with E-state index < -0.39 is 17.6 Å². The highest BCUT2D eigenvalue weighted by atomic mass is 19.1. The summed E-state index contributed by atoms with van der Waals surface area (Å²) in [5.41, 5.74) is 0.254. The molecule has 0 radical (unpaired) electrons. The average molecular weight is 253 g/mol. The molecule has 1 heterocycles. The Hall–Kier alpha value is -2.37. The van der Waals surface area contributed by atoms with Crippen molar-refractivity contribution in [1.29, 1.82) is 0 Å². The molecular weight excluding hydrogens is 244 g/mol. The maximum atomic E-state index is 13.3. The molecular formula is C12H9F2NO3. The van der Waals surface area contributed by atoms with E-state index >= 15 is 0 Å². The molecule has 94 valence electrons. The van der Waals surface area contributed by atoms with Crippen LogP contribution in [-0.4, -0.2) is 11.1 Å². The molecule has 2 N–H and O–H groups in total. The van der Waals surface area contributed by atoms with E-state index in [9.17, 15) is 13.6 Å². The fourth-order valence-electron chi connectivity index (χ4n) is 1.40. The summed E-state index contributed by atoms with van der Waals surface area (Å²) in [6.07, 6.45) is 0. The first kappa shape index (κ1) is 12.1. The normalized spacial score (nSPS) is 10.3. The van der Waals surface area contributed by atoms with Crippen LogP contribution in [-0.2, 0) is 6.54 Å². The van der Waals surface area contributed by atoms with Crippen LogP contribution in [0.3, 0.4) is 0 Å². The fourth-order valence-corrected chi connectivity index (χ4v) is 1.40. The van der Waals surface area contributed by atoms with Crippen LogP contribution < -0.4 is 5.32 Å². The van der Waals surface area contributed by atoms with Crippen LogP contribution in [0, 0.1) is 11.6 Å². The Morgan fingerprint density at radius 1 is 1.28 bits per heavy atom. The van der Waals surface area contributed by atoms with Crippen LogP contribution >= 0.6 is 0 Å². The Morgan fingerprint density at radius 2 is 2.06 bits per heavy atom. The zero-order valence-electron chi connectivity index (χ0n) is 9.11.